The Labute approximate surface area is 515 Å². The number of likely N-dealkylation sites (N-methyl/N-ethyl adjacent to an activating group) is 1. The predicted molar refractivity (Wildman–Crippen MR) is 318 cm³/mol. The molecule has 0 aromatic heterocycles. The highest BCUT2D eigenvalue weighted by Crippen LogP contribution is 2.49. The van der Waals surface area contributed by atoms with Crippen LogP contribution in [0.25, 0.3) is 0 Å². The van der Waals surface area contributed by atoms with Gasteiger partial charge in [-0.3, -0.25) is 63.0 Å². The number of anilines is 1. The van der Waals surface area contributed by atoms with Gasteiger partial charge in [-0.1, -0.05) is 55.3 Å². The molecule has 9 unspecified atom stereocenters. The average molecular weight is 1250 g/mol. The molecule has 6 rings (SSSR count). The lowest BCUT2D eigenvalue weighted by molar-refractivity contribution is -0.162. The molecule has 4 aliphatic heterocycles. The molecule has 0 saturated carbocycles. The zero-order valence-electron chi connectivity index (χ0n) is 50.5. The number of halogens is 1. The van der Waals surface area contributed by atoms with E-state index in [0.717, 1.165) is 33.4 Å². The van der Waals surface area contributed by atoms with E-state index in [9.17, 15) is 67.4 Å². The fourth-order valence-electron chi connectivity index (χ4n) is 10.8. The maximum atomic E-state index is 14.3. The number of esters is 1. The fraction of sp³-hybridized carbons (Fsp3) is 0.590. The number of hydrogen-bond donors (Lipinski definition) is 5. The highest BCUT2D eigenvalue weighted by molar-refractivity contribution is 8.00. The van der Waals surface area contributed by atoms with Gasteiger partial charge in [-0.05, 0) is 76.3 Å². The van der Waals surface area contributed by atoms with Gasteiger partial charge in [0, 0.05) is 109 Å². The zero-order chi connectivity index (χ0) is 64.1. The van der Waals surface area contributed by atoms with Crippen molar-refractivity contribution in [3.8, 4) is 0 Å². The Bertz CT molecular complexity index is 2970. The first kappa shape index (κ1) is 69.0. The lowest BCUT2D eigenvalue weighted by Gasteiger charge is -2.41. The van der Waals surface area contributed by atoms with Crippen LogP contribution in [-0.2, 0) is 78.2 Å². The van der Waals surface area contributed by atoms with Crippen molar-refractivity contribution < 1.29 is 81.6 Å². The van der Waals surface area contributed by atoms with Crippen LogP contribution in [0.3, 0.4) is 0 Å². The number of carbonyl (C=O) groups excluding carboxylic acids is 13. The van der Waals surface area contributed by atoms with Gasteiger partial charge in [0.15, 0.2) is 17.3 Å². The van der Waals surface area contributed by atoms with E-state index in [0.29, 0.717) is 17.1 Å². The summed E-state index contributed by atoms with van der Waals surface area (Å²) in [4.78, 5) is 170. The van der Waals surface area contributed by atoms with Crippen molar-refractivity contribution in [2.75, 3.05) is 50.9 Å². The number of nitrogens with one attached hydrogen (secondary N) is 4. The molecule has 4 bridgehead atoms. The van der Waals surface area contributed by atoms with Crippen LogP contribution in [0.2, 0.25) is 5.02 Å². The second-order valence-corrected chi connectivity index (χ2v) is 24.9. The topological polar surface area (TPSA) is 331 Å². The highest BCUT2D eigenvalue weighted by Gasteiger charge is 2.64. The number of epoxide rings is 1. The van der Waals surface area contributed by atoms with Gasteiger partial charge >= 0.3 is 12.1 Å². The van der Waals surface area contributed by atoms with Crippen molar-refractivity contribution in [3.05, 3.63) is 64.2 Å². The molecule has 1 aromatic carbocycles. The Balaban J connectivity index is 0.917. The van der Waals surface area contributed by atoms with Gasteiger partial charge in [-0.25, -0.2) is 9.59 Å². The van der Waals surface area contributed by atoms with E-state index in [2.05, 4.69) is 21.3 Å². The number of Topliss-reactive ketones (excluding diaryl/α,β-unsaturated/α-hetero) is 2. The van der Waals surface area contributed by atoms with Gasteiger partial charge < -0.3 is 45.1 Å². The average Bonchev–Trinajstić information content (AvgIpc) is 1.79. The number of nitrogens with zero attached hydrogens (tertiary/aromatic N) is 3. The molecule has 1 aromatic rings. The second-order valence-electron chi connectivity index (χ2n) is 23.2. The summed E-state index contributed by atoms with van der Waals surface area (Å²) in [5, 5.41) is 21.5. The van der Waals surface area contributed by atoms with Crippen LogP contribution in [-0.4, -0.2) is 178 Å². The summed E-state index contributed by atoms with van der Waals surface area (Å²) < 4.78 is 18.2. The lowest BCUT2D eigenvalue weighted by Crippen LogP contribution is -2.60. The van der Waals surface area contributed by atoms with Gasteiger partial charge in [0.2, 0.25) is 41.4 Å². The summed E-state index contributed by atoms with van der Waals surface area (Å²) >= 11 is 7.93. The number of benzene rings is 1. The van der Waals surface area contributed by atoms with Crippen molar-refractivity contribution in [2.24, 2.45) is 17.8 Å². The molecule has 8 amide bonds. The summed E-state index contributed by atoms with van der Waals surface area (Å²) in [6, 6.07) is 2.59. The minimum Gasteiger partial charge on any atom is -0.457 e. The lowest BCUT2D eigenvalue weighted by atomic mass is 9.82. The van der Waals surface area contributed by atoms with E-state index in [4.69, 9.17) is 25.8 Å². The molecule has 9 atom stereocenters. The van der Waals surface area contributed by atoms with Crippen LogP contribution < -0.4 is 26.2 Å². The highest BCUT2D eigenvalue weighted by atomic mass is 35.5. The number of ketones is 4. The maximum absolute atomic E-state index is 14.3. The molecule has 24 nitrogen and oxygen atoms in total. The smallest absolute Gasteiger partial charge is 0.409 e. The number of rotatable bonds is 25. The Morgan fingerprint density at radius 3 is 2.23 bits per heavy atom. The molecular weight excluding hydrogens is 1170 g/mol. The molecule has 0 radical (unpaired) electrons. The second kappa shape index (κ2) is 30.7. The molecule has 87 heavy (non-hydrogen) atoms. The van der Waals surface area contributed by atoms with Gasteiger partial charge in [0.1, 0.15) is 35.4 Å². The monoisotopic (exact) mass is 1250 g/mol. The first-order chi connectivity index (χ1) is 41.0. The quantitative estimate of drug-likeness (QED) is 0.0404. The summed E-state index contributed by atoms with van der Waals surface area (Å²) in [5.41, 5.74) is 0.0501. The molecule has 474 valence electrons. The van der Waals surface area contributed by atoms with Crippen LogP contribution in [0.4, 0.5) is 10.5 Å². The molecule has 5 N–H and O–H groups in total. The SMILES string of the molecule is C/C1=C\C=C\C(C)C2(O)CC(OC(=O)N2)C(C)C2OC2(C)C(OC(=O)C(C)N(C)C(=O)CCSC2CC(=O)N(CCCC(=O)CCC(=O)NCC(=O)CCC(=O)NCCC(=O)NCCC3C(=O)C=CC3=O)C2=O)CC(=O)N(C)c2cc(cc(C)c2Cl)C1. The van der Waals surface area contributed by atoms with E-state index in [1.165, 1.54) is 35.9 Å². The number of aryl methyl sites for hydroxylation is 1. The summed E-state index contributed by atoms with van der Waals surface area (Å²) in [6.45, 7) is 10.2. The Kier molecular flexibility index (Phi) is 24.4. The third-order valence-electron chi connectivity index (χ3n) is 16.6. The summed E-state index contributed by atoms with van der Waals surface area (Å²) in [5.74, 6) is -7.23. The number of aliphatic hydroxyl groups is 1. The van der Waals surface area contributed by atoms with Crippen molar-refractivity contribution >= 4 is 106 Å². The minimum atomic E-state index is -1.68. The normalized spacial score (nSPS) is 26.2. The van der Waals surface area contributed by atoms with E-state index in [-0.39, 0.29) is 132 Å². The maximum Gasteiger partial charge on any atom is 0.409 e. The van der Waals surface area contributed by atoms with Crippen LogP contribution in [0, 0.1) is 24.7 Å². The van der Waals surface area contributed by atoms with E-state index in [1.54, 1.807) is 33.9 Å². The molecule has 3 fully saturated rings. The van der Waals surface area contributed by atoms with Crippen molar-refractivity contribution in [3.63, 3.8) is 0 Å². The molecule has 0 spiro atoms. The Hall–Kier alpha value is -7.09. The number of ether oxygens (including phenoxy) is 3. The summed E-state index contributed by atoms with van der Waals surface area (Å²) in [7, 11) is 2.99. The molecule has 3 saturated heterocycles. The van der Waals surface area contributed by atoms with Crippen LogP contribution in [0.15, 0.2) is 48.1 Å². The molecule has 26 heteroatoms. The fourth-order valence-corrected chi connectivity index (χ4v) is 12.1. The van der Waals surface area contributed by atoms with Gasteiger partial charge in [-0.2, -0.15) is 0 Å². The van der Waals surface area contributed by atoms with E-state index >= 15 is 0 Å². The first-order valence-electron chi connectivity index (χ1n) is 29.3. The van der Waals surface area contributed by atoms with Crippen LogP contribution >= 0.6 is 23.4 Å². The number of allylic oxidation sites excluding steroid dienone is 5. The van der Waals surface area contributed by atoms with Gasteiger partial charge in [0.25, 0.3) is 0 Å². The first-order valence-corrected chi connectivity index (χ1v) is 30.7. The van der Waals surface area contributed by atoms with E-state index in [1.807, 2.05) is 38.1 Å². The number of carbonyl (C=O) groups is 13. The molecule has 1 aliphatic carbocycles. The van der Waals surface area contributed by atoms with Crippen molar-refractivity contribution in [2.45, 2.75) is 166 Å². The van der Waals surface area contributed by atoms with Gasteiger partial charge in [0.05, 0.1) is 40.9 Å². The van der Waals surface area contributed by atoms with Crippen molar-refractivity contribution in [1.29, 1.82) is 0 Å². The standard InChI is InChI=1S/C61H80ClN7O17S/c1-34-11-9-12-36(3)61(83)32-46(84-59(82)66-61)37(4)56-60(6,86-56)48(31-53(78)68(8)43-29-39(27-34)28-35(2)55(43)62)85-58(81)38(5)67(7)52(77)22-26-87-47-30-54(79)69(57(47)80)25-10-13-40(70)14-18-50(75)65-33-41(71)15-19-49(74)64-24-21-51(76)63-23-20-42-44(72)16-17-45(42)73/h9,11-12,16-17,28-29,36-38,42,46-48,56,83H,10,13-15,18-27,30-33H2,1-8H3,(H,63,76)(H,64,74)(H,65,75)(H,66,82)/b12-9+,34-11+. The summed E-state index contributed by atoms with van der Waals surface area (Å²) in [6.07, 6.45) is 3.74. The predicted octanol–water partition coefficient (Wildman–Crippen LogP) is 3.62. The number of likely N-dealkylation sites (tertiary alicyclic amines) is 1. The Morgan fingerprint density at radius 1 is 0.874 bits per heavy atom. The number of alkyl carbamates (subject to hydrolysis) is 1. The number of amides is 8. The largest absolute Gasteiger partial charge is 0.457 e. The minimum absolute atomic E-state index is 0.000331. The third-order valence-corrected chi connectivity index (χ3v) is 18.3. The molecule has 5 aliphatic rings. The number of thioether (sulfide) groups is 1. The number of hydrogen-bond acceptors (Lipinski definition) is 18. The van der Waals surface area contributed by atoms with Crippen molar-refractivity contribution in [1.82, 2.24) is 31.1 Å². The third kappa shape index (κ3) is 18.7. The molecule has 4 heterocycles. The van der Waals surface area contributed by atoms with Crippen LogP contribution in [0.1, 0.15) is 123 Å². The van der Waals surface area contributed by atoms with Gasteiger partial charge in [-0.15, -0.1) is 11.8 Å². The van der Waals surface area contributed by atoms with Crippen LogP contribution in [0.5, 0.6) is 0 Å². The zero-order valence-corrected chi connectivity index (χ0v) is 52.1. The van der Waals surface area contributed by atoms with E-state index < -0.39 is 112 Å². The Morgan fingerprint density at radius 2 is 1.53 bits per heavy atom. The number of fused-ring (bicyclic) bond motifs is 5. The molecular formula is C61H80ClN7O17S. The number of imide groups is 1.